The molecule has 0 atom stereocenters. The first kappa shape index (κ1) is 20.2. The molecule has 2 aromatic carbocycles. The topological polar surface area (TPSA) is 49.9 Å². The van der Waals surface area contributed by atoms with Crippen molar-refractivity contribution in [3.63, 3.8) is 0 Å². The van der Waals surface area contributed by atoms with Gasteiger partial charge in [0.05, 0.1) is 12.2 Å². The third kappa shape index (κ3) is 3.49. The zero-order chi connectivity index (χ0) is 21.4. The maximum absolute atomic E-state index is 13.4. The van der Waals surface area contributed by atoms with Gasteiger partial charge in [-0.15, -0.1) is 0 Å². The fraction of sp³-hybridized carbons (Fsp3) is 0.360. The van der Waals surface area contributed by atoms with E-state index >= 15 is 0 Å². The molecule has 0 saturated heterocycles. The van der Waals surface area contributed by atoms with Crippen LogP contribution < -0.4 is 9.64 Å². The minimum Gasteiger partial charge on any atom is -0.493 e. The first-order chi connectivity index (χ1) is 14.4. The van der Waals surface area contributed by atoms with Gasteiger partial charge in [-0.1, -0.05) is 44.2 Å². The lowest BCUT2D eigenvalue weighted by atomic mass is 10.0. The van der Waals surface area contributed by atoms with E-state index in [2.05, 4.69) is 19.9 Å². The van der Waals surface area contributed by atoms with Gasteiger partial charge in [-0.05, 0) is 55.5 Å². The number of fused-ring (bicyclic) bond motifs is 1. The highest BCUT2D eigenvalue weighted by Crippen LogP contribution is 2.39. The zero-order valence-corrected chi connectivity index (χ0v) is 18.0. The molecule has 0 fully saturated rings. The minimum absolute atomic E-state index is 0.205. The van der Waals surface area contributed by atoms with Crippen molar-refractivity contribution in [2.24, 2.45) is 5.92 Å². The molecule has 2 aliphatic rings. The van der Waals surface area contributed by atoms with E-state index in [0.717, 1.165) is 23.4 Å². The highest BCUT2D eigenvalue weighted by molar-refractivity contribution is 6.37. The molecule has 0 bridgehead atoms. The van der Waals surface area contributed by atoms with Crippen molar-refractivity contribution in [2.45, 2.75) is 40.2 Å². The van der Waals surface area contributed by atoms with Gasteiger partial charge in [-0.3, -0.25) is 14.5 Å². The number of hydrogen-bond acceptors (Lipinski definition) is 4. The van der Waals surface area contributed by atoms with Crippen LogP contribution in [0, 0.1) is 5.92 Å². The summed E-state index contributed by atoms with van der Waals surface area (Å²) in [6.45, 7) is 9.27. The largest absolute Gasteiger partial charge is 0.493 e. The third-order valence-electron chi connectivity index (χ3n) is 5.49. The Kier molecular flexibility index (Phi) is 5.37. The number of carbonyl (C=O) groups is 2. The number of para-hydroxylation sites is 1. The van der Waals surface area contributed by atoms with Gasteiger partial charge < -0.3 is 9.64 Å². The maximum Gasteiger partial charge on any atom is 0.278 e. The molecule has 5 nitrogen and oxygen atoms in total. The first-order valence-corrected chi connectivity index (χ1v) is 10.6. The fourth-order valence-electron chi connectivity index (χ4n) is 4.07. The Labute approximate surface area is 177 Å². The van der Waals surface area contributed by atoms with E-state index in [1.807, 2.05) is 61.2 Å². The van der Waals surface area contributed by atoms with Crippen molar-refractivity contribution in [3.05, 3.63) is 65.4 Å². The van der Waals surface area contributed by atoms with Gasteiger partial charge in [-0.25, -0.2) is 0 Å². The molecule has 156 valence electrons. The van der Waals surface area contributed by atoms with E-state index in [0.29, 0.717) is 30.3 Å². The molecule has 0 saturated carbocycles. The predicted molar refractivity (Wildman–Crippen MR) is 118 cm³/mol. The molecule has 2 aromatic rings. The van der Waals surface area contributed by atoms with Crippen molar-refractivity contribution in [1.82, 2.24) is 4.90 Å². The number of carbonyl (C=O) groups excluding carboxylic acids is 2. The Morgan fingerprint density at radius 1 is 0.933 bits per heavy atom. The summed E-state index contributed by atoms with van der Waals surface area (Å²) in [5.41, 5.74) is 3.90. The number of rotatable bonds is 6. The zero-order valence-electron chi connectivity index (χ0n) is 18.0. The van der Waals surface area contributed by atoms with Crippen LogP contribution in [0.15, 0.2) is 54.2 Å². The third-order valence-corrected chi connectivity index (χ3v) is 5.49. The average molecular weight is 405 g/mol. The molecule has 5 heteroatoms. The molecule has 0 aromatic heterocycles. The SMILES string of the molecule is CC(C)COc1ccc(C2=C(N3CCc4ccccc43)C(=O)N(C(C)C)C2=O)cc1. The molecule has 4 rings (SSSR count). The van der Waals surface area contributed by atoms with E-state index in [1.54, 1.807) is 0 Å². The van der Waals surface area contributed by atoms with E-state index in [-0.39, 0.29) is 17.9 Å². The highest BCUT2D eigenvalue weighted by atomic mass is 16.5. The first-order valence-electron chi connectivity index (χ1n) is 10.6. The van der Waals surface area contributed by atoms with Gasteiger partial charge in [0, 0.05) is 18.3 Å². The maximum atomic E-state index is 13.4. The molecule has 2 aliphatic heterocycles. The Bertz CT molecular complexity index is 1010. The monoisotopic (exact) mass is 404 g/mol. The molecule has 2 amide bonds. The van der Waals surface area contributed by atoms with Crippen LogP contribution >= 0.6 is 0 Å². The number of benzene rings is 2. The number of nitrogens with zero attached hydrogens (tertiary/aromatic N) is 2. The molecule has 30 heavy (non-hydrogen) atoms. The Balaban J connectivity index is 1.77. The lowest BCUT2D eigenvalue weighted by molar-refractivity contribution is -0.138. The standard InChI is InChI=1S/C25H28N2O3/c1-16(2)15-30-20-11-9-19(10-12-20)22-23(25(29)27(17(3)4)24(22)28)26-14-13-18-7-5-6-8-21(18)26/h5-12,16-17H,13-15H2,1-4H3. The Hall–Kier alpha value is -3.08. The van der Waals surface area contributed by atoms with E-state index in [1.165, 1.54) is 10.5 Å². The van der Waals surface area contributed by atoms with Crippen LogP contribution in [0.25, 0.3) is 5.57 Å². The van der Waals surface area contributed by atoms with Crippen molar-refractivity contribution < 1.29 is 14.3 Å². The molecule has 0 unspecified atom stereocenters. The van der Waals surface area contributed by atoms with Crippen LogP contribution in [0.2, 0.25) is 0 Å². The number of hydrogen-bond donors (Lipinski definition) is 0. The summed E-state index contributed by atoms with van der Waals surface area (Å²) in [4.78, 5) is 30.1. The van der Waals surface area contributed by atoms with Crippen molar-refractivity contribution in [1.29, 1.82) is 0 Å². The predicted octanol–water partition coefficient (Wildman–Crippen LogP) is 4.27. The fourth-order valence-corrected chi connectivity index (χ4v) is 4.07. The molecular formula is C25H28N2O3. The average Bonchev–Trinajstić information content (AvgIpc) is 3.24. The quantitative estimate of drug-likeness (QED) is 0.675. The van der Waals surface area contributed by atoms with Gasteiger partial charge >= 0.3 is 0 Å². The van der Waals surface area contributed by atoms with Crippen molar-refractivity contribution >= 4 is 23.1 Å². The second kappa shape index (κ2) is 7.98. The van der Waals surface area contributed by atoms with Crippen LogP contribution in [-0.4, -0.2) is 35.9 Å². The van der Waals surface area contributed by atoms with Gasteiger partial charge in [0.25, 0.3) is 11.8 Å². The van der Waals surface area contributed by atoms with Crippen LogP contribution in [0.4, 0.5) is 5.69 Å². The van der Waals surface area contributed by atoms with Gasteiger partial charge in [0.1, 0.15) is 11.4 Å². The normalized spacial score (nSPS) is 16.3. The second-order valence-corrected chi connectivity index (χ2v) is 8.56. The summed E-state index contributed by atoms with van der Waals surface area (Å²) in [5, 5.41) is 0. The molecule has 0 aliphatic carbocycles. The number of anilines is 1. The van der Waals surface area contributed by atoms with E-state index in [9.17, 15) is 9.59 Å². The van der Waals surface area contributed by atoms with E-state index < -0.39 is 0 Å². The van der Waals surface area contributed by atoms with Crippen LogP contribution in [0.1, 0.15) is 38.8 Å². The summed E-state index contributed by atoms with van der Waals surface area (Å²) in [6.07, 6.45) is 0.859. The van der Waals surface area contributed by atoms with Crippen molar-refractivity contribution in [3.8, 4) is 5.75 Å². The Morgan fingerprint density at radius 3 is 2.30 bits per heavy atom. The minimum atomic E-state index is -0.231. The van der Waals surface area contributed by atoms with Crippen LogP contribution in [0.3, 0.4) is 0 Å². The number of imide groups is 1. The summed E-state index contributed by atoms with van der Waals surface area (Å²) in [6, 6.07) is 15.4. The number of ether oxygens (including phenoxy) is 1. The molecule has 0 radical (unpaired) electrons. The van der Waals surface area contributed by atoms with E-state index in [4.69, 9.17) is 4.74 Å². The van der Waals surface area contributed by atoms with Gasteiger partial charge in [0.2, 0.25) is 0 Å². The Morgan fingerprint density at radius 2 is 1.63 bits per heavy atom. The lowest BCUT2D eigenvalue weighted by Gasteiger charge is -2.23. The summed E-state index contributed by atoms with van der Waals surface area (Å²) >= 11 is 0. The summed E-state index contributed by atoms with van der Waals surface area (Å²) < 4.78 is 5.78. The second-order valence-electron chi connectivity index (χ2n) is 8.56. The van der Waals surface area contributed by atoms with Crippen molar-refractivity contribution in [2.75, 3.05) is 18.1 Å². The lowest BCUT2D eigenvalue weighted by Crippen LogP contribution is -2.39. The molecule has 2 heterocycles. The molecule has 0 N–H and O–H groups in total. The summed E-state index contributed by atoms with van der Waals surface area (Å²) in [7, 11) is 0. The molecule has 0 spiro atoms. The molecular weight excluding hydrogens is 376 g/mol. The van der Waals surface area contributed by atoms with Gasteiger partial charge in [-0.2, -0.15) is 0 Å². The number of amides is 2. The van der Waals surface area contributed by atoms with Crippen LogP contribution in [0.5, 0.6) is 5.75 Å². The van der Waals surface area contributed by atoms with Crippen LogP contribution in [-0.2, 0) is 16.0 Å². The smallest absolute Gasteiger partial charge is 0.278 e. The summed E-state index contributed by atoms with van der Waals surface area (Å²) in [5.74, 6) is 0.744. The highest BCUT2D eigenvalue weighted by Gasteiger charge is 2.44. The van der Waals surface area contributed by atoms with Gasteiger partial charge in [0.15, 0.2) is 0 Å².